The molecular weight excluding hydrogens is 406 g/mol. The van der Waals surface area contributed by atoms with Crippen molar-refractivity contribution in [1.82, 2.24) is 15.0 Å². The van der Waals surface area contributed by atoms with Gasteiger partial charge in [0.05, 0.1) is 24.7 Å². The lowest BCUT2D eigenvalue weighted by Gasteiger charge is -2.07. The smallest absolute Gasteiger partial charge is 0.160 e. The highest BCUT2D eigenvalue weighted by atomic mass is 16.5. The van der Waals surface area contributed by atoms with E-state index < -0.39 is 0 Å². The van der Waals surface area contributed by atoms with Crippen molar-refractivity contribution in [3.63, 3.8) is 0 Å². The summed E-state index contributed by atoms with van der Waals surface area (Å²) in [4.78, 5) is 13.6. The van der Waals surface area contributed by atoms with E-state index >= 15 is 0 Å². The monoisotopic (exact) mass is 445 g/mol. The van der Waals surface area contributed by atoms with Gasteiger partial charge in [-0.3, -0.25) is 4.98 Å². The van der Waals surface area contributed by atoms with Crippen molar-refractivity contribution < 1.29 is 4.74 Å². The van der Waals surface area contributed by atoms with Crippen LogP contribution in [-0.2, 0) is 6.42 Å². The summed E-state index contributed by atoms with van der Waals surface area (Å²) in [6.45, 7) is 5.22. The van der Waals surface area contributed by atoms with Gasteiger partial charge in [-0.2, -0.15) is 0 Å². The molecule has 0 radical (unpaired) electrons. The van der Waals surface area contributed by atoms with Crippen LogP contribution in [0.5, 0.6) is 5.75 Å². The third kappa shape index (κ3) is 8.60. The minimum Gasteiger partial charge on any atom is -0.490 e. The van der Waals surface area contributed by atoms with Gasteiger partial charge in [0.15, 0.2) is 11.6 Å². The molecule has 4 nitrogen and oxygen atoms in total. The van der Waals surface area contributed by atoms with Crippen LogP contribution in [-0.4, -0.2) is 21.6 Å². The third-order valence-electron chi connectivity index (χ3n) is 5.99. The largest absolute Gasteiger partial charge is 0.490 e. The molecule has 0 aliphatic rings. The lowest BCUT2D eigenvalue weighted by molar-refractivity contribution is 0.302. The van der Waals surface area contributed by atoms with Crippen LogP contribution < -0.4 is 4.74 Å². The summed E-state index contributed by atoms with van der Waals surface area (Å²) in [7, 11) is 0. The highest BCUT2D eigenvalue weighted by Gasteiger charge is 2.05. The van der Waals surface area contributed by atoms with Gasteiger partial charge in [-0.15, -0.1) is 0 Å². The lowest BCUT2D eigenvalue weighted by atomic mass is 10.0. The van der Waals surface area contributed by atoms with E-state index in [9.17, 15) is 0 Å². The molecule has 4 heteroatoms. The van der Waals surface area contributed by atoms with E-state index in [0.717, 1.165) is 42.0 Å². The summed E-state index contributed by atoms with van der Waals surface area (Å²) in [5, 5.41) is 0. The minimum absolute atomic E-state index is 0.670. The number of rotatable bonds is 15. The zero-order valence-electron chi connectivity index (χ0n) is 20.4. The van der Waals surface area contributed by atoms with Crippen LogP contribution in [0.25, 0.3) is 22.6 Å². The van der Waals surface area contributed by atoms with Gasteiger partial charge in [-0.1, -0.05) is 89.5 Å². The zero-order valence-corrected chi connectivity index (χ0v) is 20.4. The molecule has 1 aromatic carbocycles. The third-order valence-corrected chi connectivity index (χ3v) is 5.99. The van der Waals surface area contributed by atoms with E-state index in [1.165, 1.54) is 63.4 Å². The van der Waals surface area contributed by atoms with Crippen LogP contribution in [0, 0.1) is 0 Å². The normalized spacial score (nSPS) is 11.0. The Morgan fingerprint density at radius 1 is 0.606 bits per heavy atom. The van der Waals surface area contributed by atoms with Gasteiger partial charge in [0.25, 0.3) is 0 Å². The number of aromatic nitrogens is 3. The van der Waals surface area contributed by atoms with Crippen LogP contribution in [0.2, 0.25) is 0 Å². The molecule has 0 unspecified atom stereocenters. The molecule has 0 saturated heterocycles. The Labute approximate surface area is 199 Å². The molecule has 0 saturated carbocycles. The summed E-state index contributed by atoms with van der Waals surface area (Å²) in [5.41, 5.74) is 4.42. The fraction of sp³-hybridized carbons (Fsp3) is 0.483. The second-order valence-corrected chi connectivity index (χ2v) is 8.80. The van der Waals surface area contributed by atoms with Gasteiger partial charge in [0.1, 0.15) is 0 Å². The lowest BCUT2D eigenvalue weighted by Crippen LogP contribution is -1.99. The molecule has 0 amide bonds. The average Bonchev–Trinajstić information content (AvgIpc) is 2.87. The molecule has 3 aromatic rings. The van der Waals surface area contributed by atoms with Crippen molar-refractivity contribution in [3.8, 4) is 28.4 Å². The van der Waals surface area contributed by atoms with E-state index in [4.69, 9.17) is 4.74 Å². The van der Waals surface area contributed by atoms with Gasteiger partial charge in [0.2, 0.25) is 0 Å². The molecule has 0 N–H and O–H groups in total. The summed E-state index contributed by atoms with van der Waals surface area (Å²) in [6, 6.07) is 12.9. The van der Waals surface area contributed by atoms with Gasteiger partial charge in [-0.05, 0) is 37.0 Å². The first-order valence-electron chi connectivity index (χ1n) is 12.8. The maximum absolute atomic E-state index is 5.79. The predicted molar refractivity (Wildman–Crippen MR) is 137 cm³/mol. The Bertz CT molecular complexity index is 905. The molecule has 0 atom stereocenters. The highest BCUT2D eigenvalue weighted by molar-refractivity contribution is 5.63. The maximum Gasteiger partial charge on any atom is 0.160 e. The zero-order chi connectivity index (χ0) is 23.1. The van der Waals surface area contributed by atoms with E-state index in [-0.39, 0.29) is 0 Å². The second-order valence-electron chi connectivity index (χ2n) is 8.80. The van der Waals surface area contributed by atoms with Crippen molar-refractivity contribution in [3.05, 3.63) is 60.6 Å². The number of pyridine rings is 1. The Balaban J connectivity index is 1.47. The SMILES string of the molecule is CCCCCCCCOc1cnc(-c2ccc(-c3ccc(CCCCCC)cc3)nc2)nc1. The quantitative estimate of drug-likeness (QED) is 0.222. The fourth-order valence-electron chi connectivity index (χ4n) is 3.91. The molecular formula is C29H39N3O. The van der Waals surface area contributed by atoms with Crippen molar-refractivity contribution in [2.45, 2.75) is 84.5 Å². The molecule has 0 aliphatic carbocycles. The molecule has 0 fully saturated rings. The molecule has 2 aromatic heterocycles. The fourth-order valence-corrected chi connectivity index (χ4v) is 3.91. The minimum atomic E-state index is 0.670. The van der Waals surface area contributed by atoms with Crippen molar-refractivity contribution in [2.75, 3.05) is 6.61 Å². The second kappa shape index (κ2) is 14.4. The van der Waals surface area contributed by atoms with Crippen LogP contribution >= 0.6 is 0 Å². The number of ether oxygens (including phenoxy) is 1. The van der Waals surface area contributed by atoms with Crippen LogP contribution in [0.4, 0.5) is 0 Å². The Kier molecular flexibility index (Phi) is 10.9. The Morgan fingerprint density at radius 3 is 1.91 bits per heavy atom. The van der Waals surface area contributed by atoms with Crippen molar-refractivity contribution in [1.29, 1.82) is 0 Å². The number of hydrogen-bond donors (Lipinski definition) is 0. The first-order valence-corrected chi connectivity index (χ1v) is 12.8. The standard InChI is InChI=1S/C29H39N3O/c1-3-5-7-9-10-12-20-33-27-22-31-29(32-23-27)26-18-19-28(30-21-26)25-16-14-24(15-17-25)13-11-8-6-4-2/h14-19,21-23H,3-13,20H2,1-2H3. The molecule has 0 spiro atoms. The molecule has 0 bridgehead atoms. The molecule has 0 aliphatic heterocycles. The van der Waals surface area contributed by atoms with Crippen molar-refractivity contribution in [2.24, 2.45) is 0 Å². The maximum atomic E-state index is 5.79. The van der Waals surface area contributed by atoms with Crippen LogP contribution in [0.3, 0.4) is 0 Å². The summed E-state index contributed by atoms with van der Waals surface area (Å²) >= 11 is 0. The number of benzene rings is 1. The summed E-state index contributed by atoms with van der Waals surface area (Å²) in [5.74, 6) is 1.40. The summed E-state index contributed by atoms with van der Waals surface area (Å²) < 4.78 is 5.79. The van der Waals surface area contributed by atoms with E-state index in [0.29, 0.717) is 5.82 Å². The molecule has 2 heterocycles. The Hall–Kier alpha value is -2.75. The van der Waals surface area contributed by atoms with Crippen molar-refractivity contribution >= 4 is 0 Å². The molecule has 3 rings (SSSR count). The first kappa shape index (κ1) is 24.9. The summed E-state index contributed by atoms with van der Waals surface area (Å²) in [6.07, 6.45) is 19.2. The Morgan fingerprint density at radius 2 is 1.24 bits per heavy atom. The van der Waals surface area contributed by atoms with E-state index in [1.54, 1.807) is 12.4 Å². The number of unbranched alkanes of at least 4 members (excludes halogenated alkanes) is 8. The van der Waals surface area contributed by atoms with Gasteiger partial charge in [0, 0.05) is 17.3 Å². The molecule has 33 heavy (non-hydrogen) atoms. The van der Waals surface area contributed by atoms with Gasteiger partial charge >= 0.3 is 0 Å². The predicted octanol–water partition coefficient (Wildman–Crippen LogP) is 8.07. The van der Waals surface area contributed by atoms with E-state index in [2.05, 4.69) is 53.1 Å². The number of aryl methyl sites for hydroxylation is 1. The highest BCUT2D eigenvalue weighted by Crippen LogP contribution is 2.22. The van der Waals surface area contributed by atoms with Gasteiger partial charge in [-0.25, -0.2) is 9.97 Å². The average molecular weight is 446 g/mol. The van der Waals surface area contributed by atoms with Gasteiger partial charge < -0.3 is 4.74 Å². The topological polar surface area (TPSA) is 47.9 Å². The number of hydrogen-bond acceptors (Lipinski definition) is 4. The van der Waals surface area contributed by atoms with E-state index in [1.807, 2.05) is 18.3 Å². The molecule has 176 valence electrons. The first-order chi connectivity index (χ1) is 16.3. The number of nitrogens with zero attached hydrogens (tertiary/aromatic N) is 3. The van der Waals surface area contributed by atoms with Crippen LogP contribution in [0.15, 0.2) is 55.0 Å². The van der Waals surface area contributed by atoms with Crippen LogP contribution in [0.1, 0.15) is 83.6 Å².